The second-order valence-corrected chi connectivity index (χ2v) is 4.97. The fourth-order valence-electron chi connectivity index (χ4n) is 1.98. The summed E-state index contributed by atoms with van der Waals surface area (Å²) >= 11 is 0. The molecule has 2 aromatic rings. The maximum atomic E-state index is 12.1. The van der Waals surface area contributed by atoms with E-state index in [-0.39, 0.29) is 12.5 Å². The number of nitriles is 1. The van der Waals surface area contributed by atoms with E-state index >= 15 is 0 Å². The van der Waals surface area contributed by atoms with E-state index in [0.717, 1.165) is 17.7 Å². The fraction of sp³-hybridized carbons (Fsp3) is 0.235. The van der Waals surface area contributed by atoms with Crippen LogP contribution in [0, 0.1) is 11.3 Å². The van der Waals surface area contributed by atoms with E-state index in [9.17, 15) is 4.79 Å². The van der Waals surface area contributed by atoms with Gasteiger partial charge in [-0.25, -0.2) is 0 Å². The highest BCUT2D eigenvalue weighted by Crippen LogP contribution is 2.09. The SMILES string of the molecule is CN(CCc1ccncc1)C(=O)CNc1cccc(C#N)c1. The first-order valence-corrected chi connectivity index (χ1v) is 7.06. The highest BCUT2D eigenvalue weighted by Gasteiger charge is 2.08. The molecule has 22 heavy (non-hydrogen) atoms. The van der Waals surface area contributed by atoms with E-state index in [0.29, 0.717) is 12.1 Å². The molecule has 0 aliphatic rings. The molecule has 0 atom stereocenters. The molecular weight excluding hydrogens is 276 g/mol. The third kappa shape index (κ3) is 4.60. The van der Waals surface area contributed by atoms with E-state index in [1.165, 1.54) is 0 Å². The van der Waals surface area contributed by atoms with Gasteiger partial charge in [0, 0.05) is 31.7 Å². The van der Waals surface area contributed by atoms with E-state index in [1.54, 1.807) is 42.5 Å². The van der Waals surface area contributed by atoms with Crippen LogP contribution >= 0.6 is 0 Å². The highest BCUT2D eigenvalue weighted by molar-refractivity contribution is 5.80. The van der Waals surface area contributed by atoms with Gasteiger partial charge in [-0.05, 0) is 42.3 Å². The molecule has 112 valence electrons. The largest absolute Gasteiger partial charge is 0.376 e. The number of hydrogen-bond donors (Lipinski definition) is 1. The quantitative estimate of drug-likeness (QED) is 0.885. The average Bonchev–Trinajstić information content (AvgIpc) is 2.58. The van der Waals surface area contributed by atoms with Crippen LogP contribution in [0.1, 0.15) is 11.1 Å². The van der Waals surface area contributed by atoms with Crippen molar-refractivity contribution in [1.29, 1.82) is 5.26 Å². The van der Waals surface area contributed by atoms with Crippen LogP contribution in [0.4, 0.5) is 5.69 Å². The number of likely N-dealkylation sites (N-methyl/N-ethyl adjacent to an activating group) is 1. The maximum Gasteiger partial charge on any atom is 0.241 e. The van der Waals surface area contributed by atoms with Gasteiger partial charge < -0.3 is 10.2 Å². The van der Waals surface area contributed by atoms with Crippen LogP contribution in [0.25, 0.3) is 0 Å². The first kappa shape index (κ1) is 15.5. The molecule has 0 saturated carbocycles. The van der Waals surface area contributed by atoms with Crippen molar-refractivity contribution < 1.29 is 4.79 Å². The molecular formula is C17H18N4O. The van der Waals surface area contributed by atoms with E-state index < -0.39 is 0 Å². The van der Waals surface area contributed by atoms with Gasteiger partial charge in [0.15, 0.2) is 0 Å². The number of anilines is 1. The normalized spacial score (nSPS) is 9.82. The second-order valence-electron chi connectivity index (χ2n) is 4.97. The summed E-state index contributed by atoms with van der Waals surface area (Å²) in [6.45, 7) is 0.866. The summed E-state index contributed by atoms with van der Waals surface area (Å²) in [4.78, 5) is 17.7. The molecule has 5 nitrogen and oxygen atoms in total. The van der Waals surface area contributed by atoms with Crippen LogP contribution in [0.2, 0.25) is 0 Å². The van der Waals surface area contributed by atoms with Gasteiger partial charge in [0.1, 0.15) is 0 Å². The number of aromatic nitrogens is 1. The van der Waals surface area contributed by atoms with Gasteiger partial charge in [-0.15, -0.1) is 0 Å². The number of amides is 1. The van der Waals surface area contributed by atoms with Crippen molar-refractivity contribution in [2.75, 3.05) is 25.5 Å². The number of benzene rings is 1. The minimum Gasteiger partial charge on any atom is -0.376 e. The van der Waals surface area contributed by atoms with Crippen LogP contribution in [0.5, 0.6) is 0 Å². The number of carbonyl (C=O) groups is 1. The van der Waals surface area contributed by atoms with Crippen LogP contribution in [-0.4, -0.2) is 35.9 Å². The Morgan fingerprint density at radius 3 is 2.82 bits per heavy atom. The summed E-state index contributed by atoms with van der Waals surface area (Å²) in [6, 6.07) is 13.1. The summed E-state index contributed by atoms with van der Waals surface area (Å²) in [5.74, 6) is 0.0106. The molecule has 0 unspecified atom stereocenters. The minimum absolute atomic E-state index is 0.0106. The first-order valence-electron chi connectivity index (χ1n) is 7.06. The molecule has 5 heteroatoms. The molecule has 0 saturated heterocycles. The molecule has 1 aromatic carbocycles. The van der Waals surface area contributed by atoms with E-state index in [1.807, 2.05) is 18.2 Å². The number of rotatable bonds is 6. The summed E-state index contributed by atoms with van der Waals surface area (Å²) in [5, 5.41) is 11.9. The highest BCUT2D eigenvalue weighted by atomic mass is 16.2. The van der Waals surface area contributed by atoms with Crippen molar-refractivity contribution in [2.24, 2.45) is 0 Å². The molecule has 2 rings (SSSR count). The minimum atomic E-state index is 0.0106. The van der Waals surface area contributed by atoms with Gasteiger partial charge in [0.05, 0.1) is 18.2 Å². The van der Waals surface area contributed by atoms with E-state index in [4.69, 9.17) is 5.26 Å². The third-order valence-corrected chi connectivity index (χ3v) is 3.35. The predicted octanol–water partition coefficient (Wildman–Crippen LogP) is 2.07. The number of pyridine rings is 1. The van der Waals surface area contributed by atoms with Crippen molar-refractivity contribution in [1.82, 2.24) is 9.88 Å². The van der Waals surface area contributed by atoms with Crippen LogP contribution in [-0.2, 0) is 11.2 Å². The summed E-state index contributed by atoms with van der Waals surface area (Å²) in [5.41, 5.74) is 2.50. The van der Waals surface area contributed by atoms with Gasteiger partial charge >= 0.3 is 0 Å². The van der Waals surface area contributed by atoms with Gasteiger partial charge in [0.25, 0.3) is 0 Å². The van der Waals surface area contributed by atoms with Gasteiger partial charge in [-0.1, -0.05) is 6.07 Å². The van der Waals surface area contributed by atoms with Crippen molar-refractivity contribution >= 4 is 11.6 Å². The predicted molar refractivity (Wildman–Crippen MR) is 85.2 cm³/mol. The Bertz CT molecular complexity index is 664. The van der Waals surface area contributed by atoms with Crippen molar-refractivity contribution in [2.45, 2.75) is 6.42 Å². The second kappa shape index (κ2) is 7.79. The van der Waals surface area contributed by atoms with Gasteiger partial charge in [0.2, 0.25) is 5.91 Å². The van der Waals surface area contributed by atoms with Gasteiger partial charge in [-0.2, -0.15) is 5.26 Å². The Hall–Kier alpha value is -2.87. The molecule has 0 radical (unpaired) electrons. The van der Waals surface area contributed by atoms with Crippen LogP contribution in [0.3, 0.4) is 0 Å². The molecule has 0 bridgehead atoms. The lowest BCUT2D eigenvalue weighted by molar-refractivity contribution is -0.127. The zero-order valence-electron chi connectivity index (χ0n) is 12.5. The maximum absolute atomic E-state index is 12.1. The van der Waals surface area contributed by atoms with Crippen LogP contribution < -0.4 is 5.32 Å². The number of nitrogens with zero attached hydrogens (tertiary/aromatic N) is 3. The Morgan fingerprint density at radius 1 is 1.32 bits per heavy atom. The zero-order valence-corrected chi connectivity index (χ0v) is 12.5. The molecule has 1 heterocycles. The average molecular weight is 294 g/mol. The summed E-state index contributed by atoms with van der Waals surface area (Å²) < 4.78 is 0. The number of nitrogens with one attached hydrogen (secondary N) is 1. The van der Waals surface area contributed by atoms with Crippen LogP contribution in [0.15, 0.2) is 48.8 Å². The lowest BCUT2D eigenvalue weighted by Crippen LogP contribution is -2.33. The Labute approximate surface area is 130 Å². The third-order valence-electron chi connectivity index (χ3n) is 3.35. The molecule has 1 N–H and O–H groups in total. The number of carbonyl (C=O) groups excluding carboxylic acids is 1. The smallest absolute Gasteiger partial charge is 0.241 e. The zero-order chi connectivity index (χ0) is 15.8. The van der Waals surface area contributed by atoms with Gasteiger partial charge in [-0.3, -0.25) is 9.78 Å². The topological polar surface area (TPSA) is 69.0 Å². The molecule has 0 fully saturated rings. The molecule has 1 amide bonds. The molecule has 0 aliphatic heterocycles. The summed E-state index contributed by atoms with van der Waals surface area (Å²) in [7, 11) is 1.79. The molecule has 0 aliphatic carbocycles. The van der Waals surface area contributed by atoms with Crippen molar-refractivity contribution in [3.8, 4) is 6.07 Å². The Morgan fingerprint density at radius 2 is 2.09 bits per heavy atom. The Kier molecular flexibility index (Phi) is 5.50. The lowest BCUT2D eigenvalue weighted by atomic mass is 10.2. The molecule has 0 spiro atoms. The Balaban J connectivity index is 1.80. The van der Waals surface area contributed by atoms with Crippen molar-refractivity contribution in [3.63, 3.8) is 0 Å². The standard InChI is InChI=1S/C17H18N4O/c1-21(10-7-14-5-8-19-9-6-14)17(22)13-20-16-4-2-3-15(11-16)12-18/h2-6,8-9,11,20H,7,10,13H2,1H3. The number of hydrogen-bond acceptors (Lipinski definition) is 4. The summed E-state index contributed by atoms with van der Waals surface area (Å²) in [6.07, 6.45) is 4.30. The monoisotopic (exact) mass is 294 g/mol. The first-order chi connectivity index (χ1) is 10.7. The lowest BCUT2D eigenvalue weighted by Gasteiger charge is -2.18. The molecule has 1 aromatic heterocycles. The van der Waals surface area contributed by atoms with E-state index in [2.05, 4.69) is 16.4 Å². The fourth-order valence-corrected chi connectivity index (χ4v) is 1.98. The van der Waals surface area contributed by atoms with Crippen molar-refractivity contribution in [3.05, 3.63) is 59.9 Å².